The number of hydrogen-bond donors (Lipinski definition) is 1. The smallest absolute Gasteiger partial charge is 0.433 e. The summed E-state index contributed by atoms with van der Waals surface area (Å²) in [7, 11) is 1.57. The summed E-state index contributed by atoms with van der Waals surface area (Å²) in [5, 5.41) is 2.86. The quantitative estimate of drug-likeness (QED) is 0.928. The number of ether oxygens (including phenoxy) is 1. The van der Waals surface area contributed by atoms with E-state index in [0.717, 1.165) is 17.4 Å². The van der Waals surface area contributed by atoms with Crippen LogP contribution in [0, 0.1) is 0 Å². The van der Waals surface area contributed by atoms with Gasteiger partial charge in [-0.15, -0.1) is 0 Å². The van der Waals surface area contributed by atoms with Crippen LogP contribution in [-0.2, 0) is 12.7 Å². The molecule has 0 spiro atoms. The van der Waals surface area contributed by atoms with Gasteiger partial charge in [0, 0.05) is 6.54 Å². The largest absolute Gasteiger partial charge is 0.497 e. The van der Waals surface area contributed by atoms with E-state index < -0.39 is 11.9 Å². The lowest BCUT2D eigenvalue weighted by Crippen LogP contribution is -2.10. The molecule has 0 saturated heterocycles. The molecule has 0 amide bonds. The van der Waals surface area contributed by atoms with Crippen LogP contribution in [0.2, 0.25) is 0 Å². The average molecular weight is 282 g/mol. The predicted molar refractivity (Wildman–Crippen MR) is 69.6 cm³/mol. The minimum atomic E-state index is -4.43. The Kier molecular flexibility index (Phi) is 4.12. The summed E-state index contributed by atoms with van der Waals surface area (Å²) in [5.74, 6) is 0.918. The molecule has 0 aliphatic rings. The van der Waals surface area contributed by atoms with Gasteiger partial charge in [0.25, 0.3) is 0 Å². The Hall–Kier alpha value is -2.24. The van der Waals surface area contributed by atoms with Gasteiger partial charge in [0.2, 0.25) is 0 Å². The van der Waals surface area contributed by atoms with Crippen molar-refractivity contribution in [2.24, 2.45) is 0 Å². The van der Waals surface area contributed by atoms with Crippen LogP contribution >= 0.6 is 0 Å². The number of aromatic nitrogens is 1. The van der Waals surface area contributed by atoms with Gasteiger partial charge in [0.05, 0.1) is 7.11 Å². The van der Waals surface area contributed by atoms with E-state index in [-0.39, 0.29) is 5.82 Å². The van der Waals surface area contributed by atoms with Gasteiger partial charge in [-0.1, -0.05) is 18.2 Å². The fourth-order valence-corrected chi connectivity index (χ4v) is 1.63. The van der Waals surface area contributed by atoms with Gasteiger partial charge in [-0.3, -0.25) is 0 Å². The molecule has 0 aliphatic carbocycles. The number of halogens is 3. The third kappa shape index (κ3) is 3.63. The van der Waals surface area contributed by atoms with Gasteiger partial charge in [0.1, 0.15) is 17.3 Å². The molecule has 0 unspecified atom stereocenters. The van der Waals surface area contributed by atoms with E-state index >= 15 is 0 Å². The molecule has 2 aromatic rings. The Morgan fingerprint density at radius 3 is 2.40 bits per heavy atom. The summed E-state index contributed by atoms with van der Waals surface area (Å²) < 4.78 is 42.6. The molecule has 1 aromatic heterocycles. The maximum absolute atomic E-state index is 12.5. The zero-order valence-corrected chi connectivity index (χ0v) is 10.7. The minimum Gasteiger partial charge on any atom is -0.497 e. The zero-order chi connectivity index (χ0) is 14.6. The van der Waals surface area contributed by atoms with Crippen LogP contribution < -0.4 is 10.1 Å². The molecule has 1 heterocycles. The number of hydrogen-bond acceptors (Lipinski definition) is 3. The normalized spacial score (nSPS) is 11.2. The van der Waals surface area contributed by atoms with E-state index in [4.69, 9.17) is 4.74 Å². The molecule has 2 rings (SSSR count). The van der Waals surface area contributed by atoms with Crippen molar-refractivity contribution in [1.82, 2.24) is 4.98 Å². The van der Waals surface area contributed by atoms with Crippen LogP contribution in [0.1, 0.15) is 11.3 Å². The molecule has 0 atom stereocenters. The second-order valence-electron chi connectivity index (χ2n) is 4.11. The molecule has 6 heteroatoms. The van der Waals surface area contributed by atoms with E-state index in [9.17, 15) is 13.2 Å². The molecule has 106 valence electrons. The lowest BCUT2D eigenvalue weighted by molar-refractivity contribution is -0.141. The van der Waals surface area contributed by atoms with E-state index in [0.29, 0.717) is 6.54 Å². The van der Waals surface area contributed by atoms with Crippen molar-refractivity contribution >= 4 is 5.82 Å². The molecule has 3 nitrogen and oxygen atoms in total. The molecule has 0 bridgehead atoms. The molecule has 1 N–H and O–H groups in total. The number of nitrogens with one attached hydrogen (secondary N) is 1. The Bertz CT molecular complexity index is 567. The highest BCUT2D eigenvalue weighted by Crippen LogP contribution is 2.28. The van der Waals surface area contributed by atoms with Crippen LogP contribution in [0.5, 0.6) is 5.75 Å². The molecule has 0 fully saturated rings. The lowest BCUT2D eigenvalue weighted by Gasteiger charge is -2.10. The van der Waals surface area contributed by atoms with Crippen molar-refractivity contribution in [3.8, 4) is 5.75 Å². The first-order valence-corrected chi connectivity index (χ1v) is 5.90. The first-order valence-electron chi connectivity index (χ1n) is 5.90. The van der Waals surface area contributed by atoms with Crippen LogP contribution in [0.25, 0.3) is 0 Å². The van der Waals surface area contributed by atoms with Crippen molar-refractivity contribution < 1.29 is 17.9 Å². The number of methoxy groups -OCH3 is 1. The Balaban J connectivity index is 2.03. The highest BCUT2D eigenvalue weighted by atomic mass is 19.4. The van der Waals surface area contributed by atoms with Gasteiger partial charge >= 0.3 is 6.18 Å². The van der Waals surface area contributed by atoms with Crippen molar-refractivity contribution in [3.05, 3.63) is 53.7 Å². The number of benzene rings is 1. The second kappa shape index (κ2) is 5.81. The fraction of sp³-hybridized carbons (Fsp3) is 0.214. The summed E-state index contributed by atoms with van der Waals surface area (Å²) in [5.41, 5.74) is 0.0160. The Morgan fingerprint density at radius 1 is 1.10 bits per heavy atom. The standard InChI is InChI=1S/C14H13F3N2O/c1-20-11-7-5-10(6-8-11)9-18-13-4-2-3-12(19-13)14(15,16)17/h2-8H,9H2,1H3,(H,18,19). The van der Waals surface area contributed by atoms with Crippen LogP contribution in [0.4, 0.5) is 19.0 Å². The van der Waals surface area contributed by atoms with Gasteiger partial charge in [-0.2, -0.15) is 13.2 Å². The van der Waals surface area contributed by atoms with Crippen molar-refractivity contribution in [2.75, 3.05) is 12.4 Å². The molecule has 0 aliphatic heterocycles. The highest BCUT2D eigenvalue weighted by Gasteiger charge is 2.32. The SMILES string of the molecule is COc1ccc(CNc2cccc(C(F)(F)F)n2)cc1. The highest BCUT2D eigenvalue weighted by molar-refractivity contribution is 5.38. The van der Waals surface area contributed by atoms with Gasteiger partial charge in [-0.05, 0) is 29.8 Å². The number of alkyl halides is 3. The van der Waals surface area contributed by atoms with Gasteiger partial charge in [-0.25, -0.2) is 4.98 Å². The summed E-state index contributed by atoms with van der Waals surface area (Å²) in [6, 6.07) is 11.0. The maximum atomic E-state index is 12.5. The topological polar surface area (TPSA) is 34.1 Å². The molecular formula is C14H13F3N2O. The van der Waals surface area contributed by atoms with E-state index in [2.05, 4.69) is 10.3 Å². The van der Waals surface area contributed by atoms with E-state index in [1.165, 1.54) is 12.1 Å². The molecule has 1 aromatic carbocycles. The molecular weight excluding hydrogens is 269 g/mol. The number of pyridine rings is 1. The minimum absolute atomic E-state index is 0.190. The maximum Gasteiger partial charge on any atom is 0.433 e. The van der Waals surface area contributed by atoms with E-state index in [1.807, 2.05) is 12.1 Å². The van der Waals surface area contributed by atoms with Crippen molar-refractivity contribution in [1.29, 1.82) is 0 Å². The Morgan fingerprint density at radius 2 is 1.80 bits per heavy atom. The van der Waals surface area contributed by atoms with Gasteiger partial charge in [0.15, 0.2) is 0 Å². The predicted octanol–water partition coefficient (Wildman–Crippen LogP) is 3.72. The third-order valence-electron chi connectivity index (χ3n) is 2.67. The number of rotatable bonds is 4. The summed E-state index contributed by atoms with van der Waals surface area (Å²) >= 11 is 0. The van der Waals surface area contributed by atoms with Crippen molar-refractivity contribution in [3.63, 3.8) is 0 Å². The third-order valence-corrected chi connectivity index (χ3v) is 2.67. The molecule has 20 heavy (non-hydrogen) atoms. The van der Waals surface area contributed by atoms with Crippen LogP contribution in [-0.4, -0.2) is 12.1 Å². The summed E-state index contributed by atoms with van der Waals surface area (Å²) in [4.78, 5) is 3.53. The van der Waals surface area contributed by atoms with E-state index in [1.54, 1.807) is 19.2 Å². The average Bonchev–Trinajstić information content (AvgIpc) is 2.45. The molecule has 0 saturated carbocycles. The zero-order valence-electron chi connectivity index (χ0n) is 10.7. The number of nitrogens with zero attached hydrogens (tertiary/aromatic N) is 1. The fourth-order valence-electron chi connectivity index (χ4n) is 1.63. The van der Waals surface area contributed by atoms with Crippen molar-refractivity contribution in [2.45, 2.75) is 12.7 Å². The lowest BCUT2D eigenvalue weighted by atomic mass is 10.2. The van der Waals surface area contributed by atoms with Gasteiger partial charge < -0.3 is 10.1 Å². The van der Waals surface area contributed by atoms with Crippen LogP contribution in [0.15, 0.2) is 42.5 Å². The Labute approximate surface area is 114 Å². The first kappa shape index (κ1) is 14.2. The molecule has 0 radical (unpaired) electrons. The summed E-state index contributed by atoms with van der Waals surface area (Å²) in [6.07, 6.45) is -4.43. The van der Waals surface area contributed by atoms with Crippen LogP contribution in [0.3, 0.4) is 0 Å². The second-order valence-corrected chi connectivity index (χ2v) is 4.11. The monoisotopic (exact) mass is 282 g/mol. The summed E-state index contributed by atoms with van der Waals surface area (Å²) in [6.45, 7) is 0.387. The number of anilines is 1. The first-order chi connectivity index (χ1) is 9.49.